The number of carbonyl (C=O) groups is 2. The van der Waals surface area contributed by atoms with Crippen molar-refractivity contribution in [1.82, 2.24) is 10.6 Å². The Labute approximate surface area is 161 Å². The molecule has 0 aliphatic carbocycles. The summed E-state index contributed by atoms with van der Waals surface area (Å²) >= 11 is 0. The molecule has 2 rings (SSSR count). The number of aryl methyl sites for hydroxylation is 1. The van der Waals surface area contributed by atoms with Gasteiger partial charge in [-0.05, 0) is 64.2 Å². The fourth-order valence-corrected chi connectivity index (χ4v) is 2.75. The van der Waals surface area contributed by atoms with Crippen LogP contribution in [0.1, 0.15) is 45.6 Å². The predicted octanol–water partition coefficient (Wildman–Crippen LogP) is 3.44. The highest BCUT2D eigenvalue weighted by molar-refractivity contribution is 5.84. The van der Waals surface area contributed by atoms with Gasteiger partial charge in [-0.25, -0.2) is 9.59 Å². The van der Waals surface area contributed by atoms with Crippen LogP contribution in [-0.4, -0.2) is 43.5 Å². The second-order valence-electron chi connectivity index (χ2n) is 7.71. The van der Waals surface area contributed by atoms with Crippen LogP contribution in [0.2, 0.25) is 0 Å². The van der Waals surface area contributed by atoms with E-state index in [0.717, 1.165) is 31.2 Å². The molecule has 1 saturated heterocycles. The molecule has 3 amide bonds. The van der Waals surface area contributed by atoms with Crippen molar-refractivity contribution >= 4 is 17.8 Å². The summed E-state index contributed by atoms with van der Waals surface area (Å²) in [5.74, 6) is 0. The normalized spacial score (nSPS) is 15.1. The van der Waals surface area contributed by atoms with E-state index in [9.17, 15) is 9.59 Å². The SMILES string of the molecule is CC(C)(C)OC(=O)Nc1ccc(CCCNC(=O)NC2CCOCC2)cc1. The summed E-state index contributed by atoms with van der Waals surface area (Å²) in [6.07, 6.45) is 2.98. The summed E-state index contributed by atoms with van der Waals surface area (Å²) in [5.41, 5.74) is 1.33. The van der Waals surface area contributed by atoms with Gasteiger partial charge in [0.05, 0.1) is 0 Å². The molecule has 7 heteroatoms. The summed E-state index contributed by atoms with van der Waals surface area (Å²) in [6.45, 7) is 7.52. The fraction of sp³-hybridized carbons (Fsp3) is 0.600. The van der Waals surface area contributed by atoms with Gasteiger partial charge in [0.25, 0.3) is 0 Å². The first-order valence-electron chi connectivity index (χ1n) is 9.53. The minimum absolute atomic E-state index is 0.112. The molecule has 0 radical (unpaired) electrons. The van der Waals surface area contributed by atoms with Crippen molar-refractivity contribution in [3.63, 3.8) is 0 Å². The zero-order chi connectivity index (χ0) is 19.7. The molecule has 3 N–H and O–H groups in total. The number of rotatable bonds is 6. The molecule has 1 aliphatic heterocycles. The molecule has 0 atom stereocenters. The number of ether oxygens (including phenoxy) is 2. The molecule has 0 aromatic heterocycles. The highest BCUT2D eigenvalue weighted by Crippen LogP contribution is 2.13. The zero-order valence-electron chi connectivity index (χ0n) is 16.5. The number of benzene rings is 1. The van der Waals surface area contributed by atoms with Gasteiger partial charge in [-0.2, -0.15) is 0 Å². The smallest absolute Gasteiger partial charge is 0.412 e. The van der Waals surface area contributed by atoms with Crippen molar-refractivity contribution in [1.29, 1.82) is 0 Å². The molecule has 1 aromatic rings. The summed E-state index contributed by atoms with van der Waals surface area (Å²) in [7, 11) is 0. The fourth-order valence-electron chi connectivity index (χ4n) is 2.75. The average molecular weight is 377 g/mol. The Kier molecular flexibility index (Phi) is 7.91. The molecule has 1 aromatic carbocycles. The second kappa shape index (κ2) is 10.2. The highest BCUT2D eigenvalue weighted by Gasteiger charge is 2.16. The van der Waals surface area contributed by atoms with E-state index in [1.54, 1.807) is 0 Å². The number of hydrogen-bond acceptors (Lipinski definition) is 4. The van der Waals surface area contributed by atoms with Crippen LogP contribution < -0.4 is 16.0 Å². The van der Waals surface area contributed by atoms with Crippen LogP contribution in [0.5, 0.6) is 0 Å². The molecule has 0 bridgehead atoms. The zero-order valence-corrected chi connectivity index (χ0v) is 16.5. The molecular formula is C20H31N3O4. The van der Waals surface area contributed by atoms with Crippen molar-refractivity contribution < 1.29 is 19.1 Å². The van der Waals surface area contributed by atoms with E-state index < -0.39 is 11.7 Å². The van der Waals surface area contributed by atoms with Crippen LogP contribution in [-0.2, 0) is 15.9 Å². The summed E-state index contributed by atoms with van der Waals surface area (Å²) in [6, 6.07) is 7.74. The van der Waals surface area contributed by atoms with Gasteiger partial charge in [0, 0.05) is 31.5 Å². The topological polar surface area (TPSA) is 88.7 Å². The maximum Gasteiger partial charge on any atom is 0.412 e. The summed E-state index contributed by atoms with van der Waals surface area (Å²) < 4.78 is 10.5. The van der Waals surface area contributed by atoms with Crippen LogP contribution in [0.4, 0.5) is 15.3 Å². The van der Waals surface area contributed by atoms with Crippen LogP contribution in [0, 0.1) is 0 Å². The van der Waals surface area contributed by atoms with Gasteiger partial charge in [0.2, 0.25) is 0 Å². The lowest BCUT2D eigenvalue weighted by molar-refractivity contribution is 0.0635. The average Bonchev–Trinajstić information content (AvgIpc) is 2.59. The third-order valence-corrected chi connectivity index (χ3v) is 4.08. The molecule has 7 nitrogen and oxygen atoms in total. The van der Waals surface area contributed by atoms with Crippen molar-refractivity contribution in [3.05, 3.63) is 29.8 Å². The minimum atomic E-state index is -0.520. The van der Waals surface area contributed by atoms with E-state index in [1.807, 2.05) is 45.0 Å². The lowest BCUT2D eigenvalue weighted by atomic mass is 10.1. The lowest BCUT2D eigenvalue weighted by Crippen LogP contribution is -2.44. The Morgan fingerprint density at radius 2 is 1.81 bits per heavy atom. The first-order valence-corrected chi connectivity index (χ1v) is 9.53. The third-order valence-electron chi connectivity index (χ3n) is 4.08. The van der Waals surface area contributed by atoms with E-state index in [-0.39, 0.29) is 12.1 Å². The second-order valence-corrected chi connectivity index (χ2v) is 7.71. The van der Waals surface area contributed by atoms with E-state index in [0.29, 0.717) is 25.4 Å². The molecule has 0 saturated carbocycles. The molecule has 0 unspecified atom stereocenters. The van der Waals surface area contributed by atoms with Crippen molar-refractivity contribution in [3.8, 4) is 0 Å². The molecular weight excluding hydrogens is 346 g/mol. The Hall–Kier alpha value is -2.28. The third kappa shape index (κ3) is 8.77. The van der Waals surface area contributed by atoms with Crippen LogP contribution >= 0.6 is 0 Å². The minimum Gasteiger partial charge on any atom is -0.444 e. The standard InChI is InChI=1S/C20H31N3O4/c1-20(2,3)27-19(25)23-16-8-6-15(7-9-16)5-4-12-21-18(24)22-17-10-13-26-14-11-17/h6-9,17H,4-5,10-14H2,1-3H3,(H,23,25)(H2,21,22,24). The van der Waals surface area contributed by atoms with Crippen molar-refractivity contribution in [2.24, 2.45) is 0 Å². The molecule has 150 valence electrons. The van der Waals surface area contributed by atoms with Gasteiger partial charge < -0.3 is 20.1 Å². The van der Waals surface area contributed by atoms with Crippen LogP contribution in [0.15, 0.2) is 24.3 Å². The lowest BCUT2D eigenvalue weighted by Gasteiger charge is -2.23. The largest absolute Gasteiger partial charge is 0.444 e. The van der Waals surface area contributed by atoms with Crippen molar-refractivity contribution in [2.45, 2.75) is 58.1 Å². The number of carbonyl (C=O) groups excluding carboxylic acids is 2. The van der Waals surface area contributed by atoms with Gasteiger partial charge >= 0.3 is 12.1 Å². The molecule has 1 fully saturated rings. The molecule has 1 heterocycles. The number of anilines is 1. The van der Waals surface area contributed by atoms with Gasteiger partial charge in [-0.15, -0.1) is 0 Å². The first kappa shape index (κ1) is 21.0. The highest BCUT2D eigenvalue weighted by atomic mass is 16.6. The Balaban J connectivity index is 1.63. The maximum absolute atomic E-state index is 11.9. The van der Waals surface area contributed by atoms with E-state index in [4.69, 9.17) is 9.47 Å². The van der Waals surface area contributed by atoms with Crippen LogP contribution in [0.25, 0.3) is 0 Å². The van der Waals surface area contributed by atoms with E-state index in [2.05, 4.69) is 16.0 Å². The number of urea groups is 1. The van der Waals surface area contributed by atoms with E-state index in [1.165, 1.54) is 0 Å². The number of nitrogens with one attached hydrogen (secondary N) is 3. The monoisotopic (exact) mass is 377 g/mol. The Bertz CT molecular complexity index is 605. The van der Waals surface area contributed by atoms with Gasteiger partial charge in [0.1, 0.15) is 5.60 Å². The van der Waals surface area contributed by atoms with Crippen molar-refractivity contribution in [2.75, 3.05) is 25.1 Å². The van der Waals surface area contributed by atoms with Crippen LogP contribution in [0.3, 0.4) is 0 Å². The van der Waals surface area contributed by atoms with Gasteiger partial charge in [-0.3, -0.25) is 5.32 Å². The predicted molar refractivity (Wildman–Crippen MR) is 105 cm³/mol. The Morgan fingerprint density at radius 1 is 1.15 bits per heavy atom. The number of amides is 3. The maximum atomic E-state index is 11.9. The number of hydrogen-bond donors (Lipinski definition) is 3. The Morgan fingerprint density at radius 3 is 2.44 bits per heavy atom. The first-order chi connectivity index (χ1) is 12.8. The molecule has 27 heavy (non-hydrogen) atoms. The summed E-state index contributed by atoms with van der Waals surface area (Å²) in [5, 5.41) is 8.58. The summed E-state index contributed by atoms with van der Waals surface area (Å²) in [4.78, 5) is 23.6. The molecule has 0 spiro atoms. The quantitative estimate of drug-likeness (QED) is 0.663. The van der Waals surface area contributed by atoms with Gasteiger partial charge in [-0.1, -0.05) is 12.1 Å². The van der Waals surface area contributed by atoms with E-state index >= 15 is 0 Å². The van der Waals surface area contributed by atoms with Gasteiger partial charge in [0.15, 0.2) is 0 Å². The molecule has 1 aliphatic rings.